The summed E-state index contributed by atoms with van der Waals surface area (Å²) in [6, 6.07) is 11.9. The largest absolute Gasteiger partial charge is 0.385 e. The fraction of sp³-hybridized carbons (Fsp3) is 0.312. The van der Waals surface area contributed by atoms with Gasteiger partial charge >= 0.3 is 0 Å². The van der Waals surface area contributed by atoms with E-state index in [-0.39, 0.29) is 11.9 Å². The van der Waals surface area contributed by atoms with Gasteiger partial charge in [-0.1, -0.05) is 18.2 Å². The SMILES string of the molecule is CCNc1ccccc1C(=O)NC(C)Cc1cccs1. The van der Waals surface area contributed by atoms with Crippen LogP contribution in [0.4, 0.5) is 5.69 Å². The van der Waals surface area contributed by atoms with Crippen molar-refractivity contribution in [2.75, 3.05) is 11.9 Å². The Morgan fingerprint density at radius 1 is 1.25 bits per heavy atom. The third-order valence-electron chi connectivity index (χ3n) is 3.00. The smallest absolute Gasteiger partial charge is 0.253 e. The van der Waals surface area contributed by atoms with Crippen molar-refractivity contribution in [1.29, 1.82) is 0 Å². The molecule has 2 rings (SSSR count). The minimum absolute atomic E-state index is 0.0226. The van der Waals surface area contributed by atoms with E-state index in [1.165, 1.54) is 4.88 Å². The number of para-hydroxylation sites is 1. The molecule has 0 spiro atoms. The molecule has 1 atom stereocenters. The van der Waals surface area contributed by atoms with Crippen LogP contribution in [0.5, 0.6) is 0 Å². The fourth-order valence-corrected chi connectivity index (χ4v) is 2.94. The van der Waals surface area contributed by atoms with Gasteiger partial charge in [-0.2, -0.15) is 0 Å². The molecule has 106 valence electrons. The van der Waals surface area contributed by atoms with Crippen LogP contribution in [0.2, 0.25) is 0 Å². The Bertz CT molecular complexity index is 551. The zero-order chi connectivity index (χ0) is 14.4. The molecule has 0 radical (unpaired) electrons. The standard InChI is InChI=1S/C16H20N2OS/c1-3-17-15-9-5-4-8-14(15)16(19)18-12(2)11-13-7-6-10-20-13/h4-10,12,17H,3,11H2,1-2H3,(H,18,19). The van der Waals surface area contributed by atoms with Gasteiger partial charge in [0.25, 0.3) is 5.91 Å². The summed E-state index contributed by atoms with van der Waals surface area (Å²) < 4.78 is 0. The number of anilines is 1. The minimum Gasteiger partial charge on any atom is -0.385 e. The van der Waals surface area contributed by atoms with E-state index in [4.69, 9.17) is 0 Å². The molecule has 1 aromatic carbocycles. The quantitative estimate of drug-likeness (QED) is 0.853. The number of thiophene rings is 1. The lowest BCUT2D eigenvalue weighted by atomic mass is 10.1. The Balaban J connectivity index is 2.00. The number of rotatable bonds is 6. The van der Waals surface area contributed by atoms with Gasteiger partial charge < -0.3 is 10.6 Å². The van der Waals surface area contributed by atoms with E-state index in [0.29, 0.717) is 5.56 Å². The van der Waals surface area contributed by atoms with Gasteiger partial charge in [0, 0.05) is 29.6 Å². The summed E-state index contributed by atoms with van der Waals surface area (Å²) in [5.74, 6) is -0.0226. The predicted octanol–water partition coefficient (Wildman–Crippen LogP) is 3.54. The lowest BCUT2D eigenvalue weighted by Gasteiger charge is -2.15. The van der Waals surface area contributed by atoms with Gasteiger partial charge in [0.05, 0.1) is 5.56 Å². The first-order chi connectivity index (χ1) is 9.70. The Morgan fingerprint density at radius 3 is 2.75 bits per heavy atom. The monoisotopic (exact) mass is 288 g/mol. The zero-order valence-electron chi connectivity index (χ0n) is 11.8. The number of carbonyl (C=O) groups excluding carboxylic acids is 1. The van der Waals surface area contributed by atoms with Crippen LogP contribution in [0.15, 0.2) is 41.8 Å². The summed E-state index contributed by atoms with van der Waals surface area (Å²) in [6.07, 6.45) is 0.868. The zero-order valence-corrected chi connectivity index (χ0v) is 12.7. The van der Waals surface area contributed by atoms with E-state index in [2.05, 4.69) is 22.1 Å². The maximum Gasteiger partial charge on any atom is 0.253 e. The van der Waals surface area contributed by atoms with Gasteiger partial charge in [0.15, 0.2) is 0 Å². The Kier molecular flexibility index (Phi) is 5.18. The Labute approximate surface area is 124 Å². The Hall–Kier alpha value is -1.81. The second kappa shape index (κ2) is 7.10. The van der Waals surface area contributed by atoms with Gasteiger partial charge in [-0.15, -0.1) is 11.3 Å². The first kappa shape index (κ1) is 14.6. The molecule has 0 aliphatic rings. The van der Waals surface area contributed by atoms with Crippen molar-refractivity contribution < 1.29 is 4.79 Å². The number of nitrogens with one attached hydrogen (secondary N) is 2. The molecule has 0 fully saturated rings. The molecule has 2 aromatic rings. The normalized spacial score (nSPS) is 11.9. The number of hydrogen-bond donors (Lipinski definition) is 2. The molecular weight excluding hydrogens is 268 g/mol. The van der Waals surface area contributed by atoms with Crippen molar-refractivity contribution in [3.8, 4) is 0 Å². The molecule has 0 saturated heterocycles. The first-order valence-electron chi connectivity index (χ1n) is 6.87. The molecule has 4 heteroatoms. The third-order valence-corrected chi connectivity index (χ3v) is 3.90. The van der Waals surface area contributed by atoms with Crippen LogP contribution < -0.4 is 10.6 Å². The first-order valence-corrected chi connectivity index (χ1v) is 7.74. The average molecular weight is 288 g/mol. The van der Waals surface area contributed by atoms with Crippen LogP contribution in [0.3, 0.4) is 0 Å². The van der Waals surface area contributed by atoms with Crippen molar-refractivity contribution in [2.45, 2.75) is 26.3 Å². The molecular formula is C16H20N2OS. The van der Waals surface area contributed by atoms with Gasteiger partial charge in [-0.3, -0.25) is 4.79 Å². The molecule has 0 aliphatic carbocycles. The summed E-state index contributed by atoms with van der Waals surface area (Å²) in [6.45, 7) is 4.86. The Morgan fingerprint density at radius 2 is 2.05 bits per heavy atom. The van der Waals surface area contributed by atoms with Crippen molar-refractivity contribution in [1.82, 2.24) is 5.32 Å². The molecule has 1 unspecified atom stereocenters. The number of carbonyl (C=O) groups is 1. The summed E-state index contributed by atoms with van der Waals surface area (Å²) in [5.41, 5.74) is 1.59. The van der Waals surface area contributed by atoms with Gasteiger partial charge in [0.2, 0.25) is 0 Å². The number of benzene rings is 1. The second-order valence-electron chi connectivity index (χ2n) is 4.73. The molecule has 0 bridgehead atoms. The van der Waals surface area contributed by atoms with Crippen LogP contribution in [-0.4, -0.2) is 18.5 Å². The van der Waals surface area contributed by atoms with E-state index < -0.39 is 0 Å². The van der Waals surface area contributed by atoms with E-state index in [1.807, 2.05) is 44.2 Å². The lowest BCUT2D eigenvalue weighted by molar-refractivity contribution is 0.0941. The highest BCUT2D eigenvalue weighted by Gasteiger charge is 2.13. The third kappa shape index (κ3) is 3.84. The molecule has 20 heavy (non-hydrogen) atoms. The van der Waals surface area contributed by atoms with Crippen LogP contribution in [-0.2, 0) is 6.42 Å². The molecule has 0 aliphatic heterocycles. The second-order valence-corrected chi connectivity index (χ2v) is 5.77. The molecule has 2 N–H and O–H groups in total. The number of hydrogen-bond acceptors (Lipinski definition) is 3. The molecule has 0 saturated carbocycles. The fourth-order valence-electron chi connectivity index (χ4n) is 2.11. The van der Waals surface area contributed by atoms with Crippen LogP contribution in [0.25, 0.3) is 0 Å². The number of amides is 1. The summed E-state index contributed by atoms with van der Waals surface area (Å²) >= 11 is 1.72. The maximum atomic E-state index is 12.3. The van der Waals surface area contributed by atoms with Crippen molar-refractivity contribution in [3.63, 3.8) is 0 Å². The van der Waals surface area contributed by atoms with Crippen molar-refractivity contribution >= 4 is 22.9 Å². The highest BCUT2D eigenvalue weighted by molar-refractivity contribution is 7.09. The summed E-state index contributed by atoms with van der Waals surface area (Å²) in [7, 11) is 0. The van der Waals surface area contributed by atoms with Gasteiger partial charge in [-0.25, -0.2) is 0 Å². The lowest BCUT2D eigenvalue weighted by Crippen LogP contribution is -2.34. The van der Waals surface area contributed by atoms with Crippen LogP contribution >= 0.6 is 11.3 Å². The van der Waals surface area contributed by atoms with E-state index in [1.54, 1.807) is 11.3 Å². The minimum atomic E-state index is -0.0226. The summed E-state index contributed by atoms with van der Waals surface area (Å²) in [4.78, 5) is 13.6. The average Bonchev–Trinajstić information content (AvgIpc) is 2.92. The topological polar surface area (TPSA) is 41.1 Å². The molecule has 1 aromatic heterocycles. The molecule has 1 heterocycles. The molecule has 1 amide bonds. The van der Waals surface area contributed by atoms with E-state index in [9.17, 15) is 4.79 Å². The maximum absolute atomic E-state index is 12.3. The van der Waals surface area contributed by atoms with Gasteiger partial charge in [0.1, 0.15) is 0 Å². The van der Waals surface area contributed by atoms with Crippen LogP contribution in [0, 0.1) is 0 Å². The van der Waals surface area contributed by atoms with Crippen molar-refractivity contribution in [3.05, 3.63) is 52.2 Å². The van der Waals surface area contributed by atoms with E-state index >= 15 is 0 Å². The summed E-state index contributed by atoms with van der Waals surface area (Å²) in [5, 5.41) is 8.34. The van der Waals surface area contributed by atoms with Gasteiger partial charge in [-0.05, 0) is 37.4 Å². The highest BCUT2D eigenvalue weighted by atomic mass is 32.1. The van der Waals surface area contributed by atoms with Crippen molar-refractivity contribution in [2.24, 2.45) is 0 Å². The van der Waals surface area contributed by atoms with Crippen LogP contribution in [0.1, 0.15) is 29.1 Å². The molecule has 3 nitrogen and oxygen atoms in total. The predicted molar refractivity (Wildman–Crippen MR) is 85.6 cm³/mol. The van der Waals surface area contributed by atoms with E-state index in [0.717, 1.165) is 18.7 Å². The highest BCUT2D eigenvalue weighted by Crippen LogP contribution is 2.16.